The van der Waals surface area contributed by atoms with Gasteiger partial charge in [-0.15, -0.1) is 0 Å². The van der Waals surface area contributed by atoms with E-state index in [1.807, 2.05) is 0 Å². The van der Waals surface area contributed by atoms with Gasteiger partial charge < -0.3 is 5.32 Å². The first-order valence-electron chi connectivity index (χ1n) is 10.1. The minimum atomic E-state index is -0.788. The van der Waals surface area contributed by atoms with Crippen LogP contribution in [0.25, 0.3) is 0 Å². The van der Waals surface area contributed by atoms with Crippen LogP contribution < -0.4 is 5.32 Å². The van der Waals surface area contributed by atoms with Gasteiger partial charge >= 0.3 is 0 Å². The molecule has 1 atom stereocenters. The van der Waals surface area contributed by atoms with E-state index in [9.17, 15) is 10.1 Å². The molecular formula is C24H24N2O. The molecule has 1 unspecified atom stereocenters. The van der Waals surface area contributed by atoms with E-state index in [4.69, 9.17) is 0 Å². The summed E-state index contributed by atoms with van der Waals surface area (Å²) in [7, 11) is 0. The maximum absolute atomic E-state index is 12.8. The van der Waals surface area contributed by atoms with Gasteiger partial charge in [-0.25, -0.2) is 0 Å². The molecule has 2 aromatic carbocycles. The topological polar surface area (TPSA) is 52.9 Å². The molecule has 4 aliphatic carbocycles. The van der Waals surface area contributed by atoms with Crippen LogP contribution in [0.3, 0.4) is 0 Å². The Morgan fingerprint density at radius 1 is 1.00 bits per heavy atom. The first-order chi connectivity index (χ1) is 13.2. The van der Waals surface area contributed by atoms with Gasteiger partial charge in [0.2, 0.25) is 5.91 Å². The van der Waals surface area contributed by atoms with Crippen LogP contribution in [0, 0.1) is 22.7 Å². The third-order valence-electron chi connectivity index (χ3n) is 7.05. The van der Waals surface area contributed by atoms with Crippen LogP contribution in [-0.4, -0.2) is 12.5 Å². The summed E-state index contributed by atoms with van der Waals surface area (Å²) in [5.74, 6) is 1.09. The third kappa shape index (κ3) is 2.43. The van der Waals surface area contributed by atoms with Crippen molar-refractivity contribution in [3.63, 3.8) is 0 Å². The first-order valence-corrected chi connectivity index (χ1v) is 10.1. The third-order valence-corrected chi connectivity index (χ3v) is 7.05. The number of amides is 1. The Balaban J connectivity index is 1.43. The monoisotopic (exact) mass is 356 g/mol. The Kier molecular flexibility index (Phi) is 3.82. The lowest BCUT2D eigenvalue weighted by molar-refractivity contribution is -0.128. The highest BCUT2D eigenvalue weighted by Gasteiger charge is 2.45. The largest absolute Gasteiger partial charge is 0.354 e. The fourth-order valence-electron chi connectivity index (χ4n) is 5.72. The molecule has 2 aromatic rings. The van der Waals surface area contributed by atoms with Crippen molar-refractivity contribution in [2.75, 3.05) is 6.54 Å². The molecule has 1 fully saturated rings. The van der Waals surface area contributed by atoms with E-state index in [2.05, 4.69) is 59.9 Å². The van der Waals surface area contributed by atoms with Crippen molar-refractivity contribution in [3.8, 4) is 6.07 Å². The van der Waals surface area contributed by atoms with Crippen molar-refractivity contribution < 1.29 is 4.79 Å². The predicted molar refractivity (Wildman–Crippen MR) is 104 cm³/mol. The van der Waals surface area contributed by atoms with Crippen LogP contribution in [0.2, 0.25) is 0 Å². The van der Waals surface area contributed by atoms with Crippen LogP contribution in [0.4, 0.5) is 0 Å². The van der Waals surface area contributed by atoms with Crippen LogP contribution in [0.5, 0.6) is 0 Å². The molecule has 3 nitrogen and oxygen atoms in total. The molecule has 136 valence electrons. The average molecular weight is 356 g/mol. The summed E-state index contributed by atoms with van der Waals surface area (Å²) in [6.07, 6.45) is 4.44. The maximum Gasteiger partial charge on any atom is 0.240 e. The van der Waals surface area contributed by atoms with Crippen LogP contribution in [-0.2, 0) is 4.79 Å². The number of carbonyl (C=O) groups excluding carboxylic acids is 1. The highest BCUT2D eigenvalue weighted by molar-refractivity contribution is 5.85. The molecule has 27 heavy (non-hydrogen) atoms. The molecule has 0 heterocycles. The fourth-order valence-corrected chi connectivity index (χ4v) is 5.72. The Hall–Kier alpha value is -2.60. The van der Waals surface area contributed by atoms with Crippen LogP contribution >= 0.6 is 0 Å². The number of hydrogen-bond donors (Lipinski definition) is 1. The van der Waals surface area contributed by atoms with E-state index in [1.165, 1.54) is 22.3 Å². The molecule has 6 rings (SSSR count). The van der Waals surface area contributed by atoms with E-state index in [0.717, 1.165) is 19.3 Å². The smallest absolute Gasteiger partial charge is 0.240 e. The second-order valence-electron chi connectivity index (χ2n) is 8.39. The highest BCUT2D eigenvalue weighted by Crippen LogP contribution is 2.55. The summed E-state index contributed by atoms with van der Waals surface area (Å²) < 4.78 is 0. The number of nitriles is 1. The van der Waals surface area contributed by atoms with Gasteiger partial charge in [-0.2, -0.15) is 5.26 Å². The van der Waals surface area contributed by atoms with Crippen molar-refractivity contribution in [2.24, 2.45) is 11.3 Å². The minimum Gasteiger partial charge on any atom is -0.354 e. The van der Waals surface area contributed by atoms with Crippen molar-refractivity contribution in [1.29, 1.82) is 5.26 Å². The summed E-state index contributed by atoms with van der Waals surface area (Å²) >= 11 is 0. The quantitative estimate of drug-likeness (QED) is 0.881. The minimum absolute atomic E-state index is 0.0504. The Bertz CT molecular complexity index is 888. The van der Waals surface area contributed by atoms with Gasteiger partial charge in [0.05, 0.1) is 6.07 Å². The normalized spacial score (nSPS) is 26.7. The highest BCUT2D eigenvalue weighted by atomic mass is 16.2. The molecular weight excluding hydrogens is 332 g/mol. The number of nitrogens with zero attached hydrogens (tertiary/aromatic N) is 1. The summed E-state index contributed by atoms with van der Waals surface area (Å²) in [6.45, 7) is 0.659. The molecule has 0 aliphatic heterocycles. The van der Waals surface area contributed by atoms with Crippen molar-refractivity contribution in [3.05, 3.63) is 70.8 Å². The summed E-state index contributed by atoms with van der Waals surface area (Å²) in [6, 6.07) is 19.9. The lowest BCUT2D eigenvalue weighted by Gasteiger charge is -2.45. The van der Waals surface area contributed by atoms with Crippen molar-refractivity contribution in [1.82, 2.24) is 5.32 Å². The lowest BCUT2D eigenvalue weighted by Crippen LogP contribution is -2.44. The van der Waals surface area contributed by atoms with E-state index in [1.54, 1.807) is 0 Å². The zero-order valence-corrected chi connectivity index (χ0v) is 15.4. The Morgan fingerprint density at radius 3 is 2.11 bits per heavy atom. The van der Waals surface area contributed by atoms with Crippen LogP contribution in [0.15, 0.2) is 48.5 Å². The van der Waals surface area contributed by atoms with Crippen molar-refractivity contribution >= 4 is 5.91 Å². The second kappa shape index (κ2) is 6.23. The summed E-state index contributed by atoms with van der Waals surface area (Å²) in [5.41, 5.74) is 4.95. The number of fused-ring (bicyclic) bond motifs is 1. The molecule has 1 amide bonds. The molecule has 0 saturated heterocycles. The molecule has 1 N–H and O–H groups in total. The first kappa shape index (κ1) is 16.6. The van der Waals surface area contributed by atoms with Crippen LogP contribution in [0.1, 0.15) is 66.2 Å². The SMILES string of the molecule is N#CC1(C(=O)NCC2CC3c4ccccc4C2c2ccccc23)CCCC1. The molecule has 2 bridgehead atoms. The number of benzene rings is 2. The number of hydrogen-bond acceptors (Lipinski definition) is 2. The van der Waals surface area contributed by atoms with Gasteiger partial charge in [0, 0.05) is 18.4 Å². The van der Waals surface area contributed by atoms with Gasteiger partial charge in [-0.3, -0.25) is 4.79 Å². The number of nitrogens with one attached hydrogen (secondary N) is 1. The summed E-state index contributed by atoms with van der Waals surface area (Å²) in [5, 5.41) is 12.7. The fraction of sp³-hybridized carbons (Fsp3) is 0.417. The number of rotatable bonds is 3. The van der Waals surface area contributed by atoms with E-state index in [-0.39, 0.29) is 5.91 Å². The van der Waals surface area contributed by atoms with Gasteiger partial charge in [0.1, 0.15) is 5.41 Å². The zero-order chi connectivity index (χ0) is 18.4. The molecule has 0 spiro atoms. The second-order valence-corrected chi connectivity index (χ2v) is 8.39. The van der Waals surface area contributed by atoms with E-state index >= 15 is 0 Å². The van der Waals surface area contributed by atoms with Gasteiger partial charge in [-0.05, 0) is 47.4 Å². The predicted octanol–water partition coefficient (Wildman–Crippen LogP) is 4.48. The number of carbonyl (C=O) groups is 1. The summed E-state index contributed by atoms with van der Waals surface area (Å²) in [4.78, 5) is 12.8. The van der Waals surface area contributed by atoms with Gasteiger partial charge in [-0.1, -0.05) is 61.4 Å². The average Bonchev–Trinajstić information content (AvgIpc) is 3.23. The Morgan fingerprint density at radius 2 is 1.56 bits per heavy atom. The van der Waals surface area contributed by atoms with E-state index in [0.29, 0.717) is 37.1 Å². The van der Waals surface area contributed by atoms with Gasteiger partial charge in [0.25, 0.3) is 0 Å². The van der Waals surface area contributed by atoms with E-state index < -0.39 is 5.41 Å². The molecule has 0 radical (unpaired) electrons. The molecule has 3 heteroatoms. The molecule has 4 aliphatic rings. The maximum atomic E-state index is 12.8. The Labute approximate surface area is 160 Å². The van der Waals surface area contributed by atoms with Crippen molar-refractivity contribution in [2.45, 2.75) is 43.9 Å². The zero-order valence-electron chi connectivity index (χ0n) is 15.4. The molecule has 1 saturated carbocycles. The standard InChI is InChI=1S/C24H24N2O/c25-15-24(11-5-6-12-24)23(27)26-14-16-13-21-17-7-1-3-9-19(17)22(16)20-10-4-2-8-18(20)21/h1-4,7-10,16,21-22H,5-6,11-14H2,(H,26,27). The van der Waals surface area contributed by atoms with Gasteiger partial charge in [0.15, 0.2) is 0 Å². The molecule has 0 aromatic heterocycles. The lowest BCUT2D eigenvalue weighted by atomic mass is 9.59.